The van der Waals surface area contributed by atoms with Gasteiger partial charge >= 0.3 is 7.82 Å². The van der Waals surface area contributed by atoms with Crippen molar-refractivity contribution in [2.75, 3.05) is 40.9 Å². The van der Waals surface area contributed by atoms with Crippen molar-refractivity contribution < 1.29 is 32.9 Å². The van der Waals surface area contributed by atoms with E-state index in [1.165, 1.54) is 77.0 Å². The smallest absolute Gasteiger partial charge is 0.387 e. The Hall–Kier alpha value is -2.06. The zero-order valence-corrected chi connectivity index (χ0v) is 37.5. The summed E-state index contributed by atoms with van der Waals surface area (Å²) in [6.07, 6.45) is 51.1. The summed E-state index contributed by atoms with van der Waals surface area (Å²) >= 11 is 0. The third kappa shape index (κ3) is 40.1. The van der Waals surface area contributed by atoms with Crippen LogP contribution in [0.4, 0.5) is 0 Å². The number of quaternary nitrogens is 1. The molecule has 0 fully saturated rings. The van der Waals surface area contributed by atoms with E-state index in [2.05, 4.69) is 79.9 Å². The summed E-state index contributed by atoms with van der Waals surface area (Å²) in [6.45, 7) is 4.71. The fourth-order valence-corrected chi connectivity index (χ4v) is 6.52. The van der Waals surface area contributed by atoms with Gasteiger partial charge in [0.25, 0.3) is 0 Å². The van der Waals surface area contributed by atoms with Gasteiger partial charge in [0.1, 0.15) is 13.2 Å². The molecule has 3 atom stereocenters. The van der Waals surface area contributed by atoms with E-state index >= 15 is 0 Å². The van der Waals surface area contributed by atoms with Crippen LogP contribution in [0.1, 0.15) is 168 Å². The zero-order valence-electron chi connectivity index (χ0n) is 36.6. The van der Waals surface area contributed by atoms with Gasteiger partial charge in [-0.3, -0.25) is 13.8 Å². The zero-order chi connectivity index (χ0) is 41.4. The number of amides is 1. The molecule has 0 aliphatic rings. The number of phosphoric acid groups is 1. The van der Waals surface area contributed by atoms with Gasteiger partial charge in [0.15, 0.2) is 0 Å². The molecule has 0 aliphatic heterocycles. The fraction of sp³-hybridized carbons (Fsp3) is 0.723. The molecule has 0 aromatic heterocycles. The number of aliphatic hydroxyl groups is 1. The van der Waals surface area contributed by atoms with Crippen LogP contribution in [0, 0.1) is 0 Å². The minimum absolute atomic E-state index is 0.0472. The molecular formula is C47H86N2O6P+. The minimum atomic E-state index is -4.36. The number of phosphoric ester groups is 1. The number of hydrogen-bond acceptors (Lipinski definition) is 5. The number of hydrogen-bond donors (Lipinski definition) is 3. The van der Waals surface area contributed by atoms with Gasteiger partial charge in [0, 0.05) is 6.42 Å². The average molecular weight is 806 g/mol. The molecule has 0 rings (SSSR count). The summed E-state index contributed by atoms with van der Waals surface area (Å²) < 4.78 is 23.5. The van der Waals surface area contributed by atoms with Gasteiger partial charge in [-0.2, -0.15) is 0 Å². The van der Waals surface area contributed by atoms with Crippen molar-refractivity contribution in [1.82, 2.24) is 5.32 Å². The lowest BCUT2D eigenvalue weighted by molar-refractivity contribution is -0.870. The Morgan fingerprint density at radius 1 is 0.607 bits per heavy atom. The third-order valence-corrected chi connectivity index (χ3v) is 10.4. The SMILES string of the molecule is CCCCC/C=C\C/C=C\C/C=C\CCCCCCCCC(=O)NC(COP(=O)(O)OCC[N+](C)(C)C)C(O)/C=C/CC/C=C/CC/C=C/CCCCCCC. The molecule has 56 heavy (non-hydrogen) atoms. The second-order valence-electron chi connectivity index (χ2n) is 16.0. The summed E-state index contributed by atoms with van der Waals surface area (Å²) in [7, 11) is 1.52. The highest BCUT2D eigenvalue weighted by atomic mass is 31.2. The fourth-order valence-electron chi connectivity index (χ4n) is 5.78. The number of aliphatic hydroxyl groups excluding tert-OH is 1. The van der Waals surface area contributed by atoms with Crippen LogP contribution in [0.15, 0.2) is 72.9 Å². The lowest BCUT2D eigenvalue weighted by Gasteiger charge is -2.25. The summed E-state index contributed by atoms with van der Waals surface area (Å²) in [5.74, 6) is -0.208. The molecule has 0 spiro atoms. The van der Waals surface area contributed by atoms with Crippen molar-refractivity contribution in [3.63, 3.8) is 0 Å². The molecule has 0 saturated heterocycles. The van der Waals surface area contributed by atoms with Crippen LogP contribution >= 0.6 is 7.82 Å². The first-order chi connectivity index (χ1) is 27.0. The molecule has 324 valence electrons. The predicted octanol–water partition coefficient (Wildman–Crippen LogP) is 12.4. The van der Waals surface area contributed by atoms with Crippen molar-refractivity contribution in [3.05, 3.63) is 72.9 Å². The van der Waals surface area contributed by atoms with Gasteiger partial charge in [-0.1, -0.05) is 151 Å². The van der Waals surface area contributed by atoms with Gasteiger partial charge in [-0.25, -0.2) is 4.57 Å². The number of rotatable bonds is 39. The first kappa shape index (κ1) is 53.9. The van der Waals surface area contributed by atoms with E-state index in [9.17, 15) is 19.4 Å². The molecule has 0 saturated carbocycles. The van der Waals surface area contributed by atoms with E-state index < -0.39 is 20.0 Å². The first-order valence-corrected chi connectivity index (χ1v) is 23.8. The van der Waals surface area contributed by atoms with Crippen molar-refractivity contribution in [2.45, 2.75) is 180 Å². The van der Waals surface area contributed by atoms with E-state index in [0.29, 0.717) is 17.4 Å². The van der Waals surface area contributed by atoms with Gasteiger partial charge in [0.2, 0.25) is 5.91 Å². The molecule has 3 N–H and O–H groups in total. The Bertz CT molecular complexity index is 1140. The molecule has 0 bridgehead atoms. The van der Waals surface area contributed by atoms with E-state index in [0.717, 1.165) is 70.6 Å². The number of nitrogens with zero attached hydrogens (tertiary/aromatic N) is 1. The Labute approximate surface area is 344 Å². The molecule has 0 radical (unpaired) electrons. The Morgan fingerprint density at radius 3 is 1.59 bits per heavy atom. The number of likely N-dealkylation sites (N-methyl/N-ethyl adjacent to an activating group) is 1. The lowest BCUT2D eigenvalue weighted by atomic mass is 10.1. The number of allylic oxidation sites excluding steroid dienone is 11. The molecule has 0 aliphatic carbocycles. The van der Waals surface area contributed by atoms with Crippen LogP contribution in [0.3, 0.4) is 0 Å². The van der Waals surface area contributed by atoms with Crippen LogP contribution in [-0.4, -0.2) is 73.4 Å². The summed E-state index contributed by atoms with van der Waals surface area (Å²) in [4.78, 5) is 23.1. The predicted molar refractivity (Wildman–Crippen MR) is 240 cm³/mol. The second kappa shape index (κ2) is 38.5. The summed E-state index contributed by atoms with van der Waals surface area (Å²) in [6, 6.07) is -0.879. The monoisotopic (exact) mass is 806 g/mol. The summed E-state index contributed by atoms with van der Waals surface area (Å²) in [5.41, 5.74) is 0. The van der Waals surface area contributed by atoms with Crippen molar-refractivity contribution >= 4 is 13.7 Å². The number of unbranched alkanes of at least 4 members (excludes halogenated alkanes) is 16. The molecule has 0 heterocycles. The quantitative estimate of drug-likeness (QED) is 0.0247. The van der Waals surface area contributed by atoms with E-state index in [1.807, 2.05) is 27.2 Å². The Balaban J connectivity index is 4.53. The second-order valence-corrected chi connectivity index (χ2v) is 17.5. The van der Waals surface area contributed by atoms with E-state index in [-0.39, 0.29) is 19.1 Å². The molecule has 8 nitrogen and oxygen atoms in total. The average Bonchev–Trinajstić information content (AvgIpc) is 3.15. The highest BCUT2D eigenvalue weighted by Gasteiger charge is 2.27. The molecule has 9 heteroatoms. The van der Waals surface area contributed by atoms with Gasteiger partial charge < -0.3 is 19.8 Å². The third-order valence-electron chi connectivity index (χ3n) is 9.38. The first-order valence-electron chi connectivity index (χ1n) is 22.3. The van der Waals surface area contributed by atoms with Crippen LogP contribution in [0.2, 0.25) is 0 Å². The highest BCUT2D eigenvalue weighted by molar-refractivity contribution is 7.47. The van der Waals surface area contributed by atoms with Gasteiger partial charge in [0.05, 0.1) is 39.9 Å². The van der Waals surface area contributed by atoms with Gasteiger partial charge in [-0.15, -0.1) is 0 Å². The Morgan fingerprint density at radius 2 is 1.04 bits per heavy atom. The molecule has 0 aromatic carbocycles. The molecule has 0 aromatic rings. The van der Waals surface area contributed by atoms with Crippen molar-refractivity contribution in [1.29, 1.82) is 0 Å². The normalized spacial score (nSPS) is 15.1. The van der Waals surface area contributed by atoms with Crippen LogP contribution < -0.4 is 5.32 Å². The largest absolute Gasteiger partial charge is 0.472 e. The minimum Gasteiger partial charge on any atom is -0.387 e. The van der Waals surface area contributed by atoms with E-state index in [4.69, 9.17) is 9.05 Å². The number of carbonyl (C=O) groups is 1. The summed E-state index contributed by atoms with van der Waals surface area (Å²) in [5, 5.41) is 13.8. The number of carbonyl (C=O) groups excluding carboxylic acids is 1. The van der Waals surface area contributed by atoms with Crippen LogP contribution in [0.25, 0.3) is 0 Å². The molecule has 1 amide bonds. The maximum absolute atomic E-state index is 12.9. The Kier molecular flexibility index (Phi) is 37.0. The number of nitrogens with one attached hydrogen (secondary N) is 1. The van der Waals surface area contributed by atoms with Crippen LogP contribution in [0.5, 0.6) is 0 Å². The van der Waals surface area contributed by atoms with Crippen molar-refractivity contribution in [2.24, 2.45) is 0 Å². The van der Waals surface area contributed by atoms with Crippen LogP contribution in [-0.2, 0) is 18.4 Å². The van der Waals surface area contributed by atoms with Gasteiger partial charge in [-0.05, 0) is 83.5 Å². The molecular weight excluding hydrogens is 719 g/mol. The molecule has 3 unspecified atom stereocenters. The maximum Gasteiger partial charge on any atom is 0.472 e. The van der Waals surface area contributed by atoms with Crippen molar-refractivity contribution in [3.8, 4) is 0 Å². The standard InChI is InChI=1S/C47H85N2O6P/c1-6-8-10-12-14-16-18-20-22-23-24-25-27-29-31-33-35-37-39-41-47(51)48-45(44-55-56(52,53)54-43-42-49(3,4)5)46(50)40-38-36-34-32-30-28-26-21-19-17-15-13-11-9-7-2/h14,16,19-22,24-25,30,32,38,40,45-46,50H,6-13,15,17-18,23,26-29,31,33-37,39,41-44H2,1-5H3,(H-,48,51,52,53)/p+1/b16-14-,21-19+,22-20-,25-24-,32-30+,40-38+. The maximum atomic E-state index is 12.9. The topological polar surface area (TPSA) is 105 Å². The van der Waals surface area contributed by atoms with E-state index in [1.54, 1.807) is 6.08 Å². The lowest BCUT2D eigenvalue weighted by Crippen LogP contribution is -2.45. The highest BCUT2D eigenvalue weighted by Crippen LogP contribution is 2.43.